The smallest absolute Gasteiger partial charge is 0.0764 e. The number of aromatic nitrogens is 2. The summed E-state index contributed by atoms with van der Waals surface area (Å²) in [5.74, 6) is 0.0663. The Bertz CT molecular complexity index is 377. The first kappa shape index (κ1) is 13.7. The van der Waals surface area contributed by atoms with Crippen molar-refractivity contribution < 1.29 is 0 Å². The Morgan fingerprint density at radius 2 is 2.24 bits per heavy atom. The second-order valence-corrected chi connectivity index (χ2v) is 4.77. The SMILES string of the molecule is CCC(C)n1ccc(CN(C)CC(C)C#N)n1. The van der Waals surface area contributed by atoms with Crippen LogP contribution in [-0.2, 0) is 6.54 Å². The molecule has 0 aromatic carbocycles. The number of nitriles is 1. The Balaban J connectivity index is 2.52. The van der Waals surface area contributed by atoms with E-state index in [9.17, 15) is 0 Å². The van der Waals surface area contributed by atoms with Gasteiger partial charge >= 0.3 is 0 Å². The van der Waals surface area contributed by atoms with Crippen molar-refractivity contribution in [3.05, 3.63) is 18.0 Å². The van der Waals surface area contributed by atoms with E-state index in [2.05, 4.69) is 36.0 Å². The van der Waals surface area contributed by atoms with Gasteiger partial charge in [0.15, 0.2) is 0 Å². The van der Waals surface area contributed by atoms with Crippen LogP contribution in [0.2, 0.25) is 0 Å². The molecule has 94 valence electrons. The molecule has 0 saturated heterocycles. The maximum Gasteiger partial charge on any atom is 0.0764 e. The van der Waals surface area contributed by atoms with Crippen LogP contribution >= 0.6 is 0 Å². The number of hydrogen-bond acceptors (Lipinski definition) is 3. The molecule has 0 aliphatic rings. The Hall–Kier alpha value is -1.34. The van der Waals surface area contributed by atoms with E-state index in [4.69, 9.17) is 5.26 Å². The van der Waals surface area contributed by atoms with E-state index in [1.54, 1.807) is 0 Å². The molecule has 1 heterocycles. The van der Waals surface area contributed by atoms with E-state index in [1.807, 2.05) is 24.9 Å². The summed E-state index contributed by atoms with van der Waals surface area (Å²) in [7, 11) is 2.02. The molecule has 4 nitrogen and oxygen atoms in total. The summed E-state index contributed by atoms with van der Waals surface area (Å²) in [6.45, 7) is 7.85. The lowest BCUT2D eigenvalue weighted by Crippen LogP contribution is -2.23. The maximum atomic E-state index is 8.76. The van der Waals surface area contributed by atoms with Gasteiger partial charge in [-0.3, -0.25) is 9.58 Å². The molecule has 0 aliphatic carbocycles. The molecule has 0 aliphatic heterocycles. The van der Waals surface area contributed by atoms with Gasteiger partial charge in [0.05, 0.1) is 17.7 Å². The van der Waals surface area contributed by atoms with Crippen LogP contribution in [-0.4, -0.2) is 28.3 Å². The molecule has 4 heteroatoms. The topological polar surface area (TPSA) is 44.9 Å². The molecule has 0 bridgehead atoms. The van der Waals surface area contributed by atoms with Crippen molar-refractivity contribution in [2.45, 2.75) is 39.8 Å². The van der Waals surface area contributed by atoms with Gasteiger partial charge < -0.3 is 0 Å². The van der Waals surface area contributed by atoms with Crippen LogP contribution in [0.3, 0.4) is 0 Å². The minimum Gasteiger partial charge on any atom is -0.299 e. The summed E-state index contributed by atoms with van der Waals surface area (Å²) in [6.07, 6.45) is 3.12. The quantitative estimate of drug-likeness (QED) is 0.759. The van der Waals surface area contributed by atoms with Crippen LogP contribution in [0.25, 0.3) is 0 Å². The van der Waals surface area contributed by atoms with Crippen LogP contribution in [0.1, 0.15) is 38.9 Å². The molecule has 0 radical (unpaired) electrons. The zero-order chi connectivity index (χ0) is 12.8. The Kier molecular flexibility index (Phi) is 5.17. The van der Waals surface area contributed by atoms with Gasteiger partial charge in [0.2, 0.25) is 0 Å². The largest absolute Gasteiger partial charge is 0.299 e. The molecular weight excluding hydrogens is 212 g/mol. The Labute approximate surface area is 104 Å². The van der Waals surface area contributed by atoms with Crippen LogP contribution in [0.15, 0.2) is 12.3 Å². The number of hydrogen-bond donors (Lipinski definition) is 0. The molecule has 1 aromatic heterocycles. The lowest BCUT2D eigenvalue weighted by atomic mass is 10.2. The summed E-state index contributed by atoms with van der Waals surface area (Å²) in [5, 5.41) is 13.3. The number of nitrogens with zero attached hydrogens (tertiary/aromatic N) is 4. The predicted octanol–water partition coefficient (Wildman–Crippen LogP) is 2.45. The van der Waals surface area contributed by atoms with Gasteiger partial charge in [-0.15, -0.1) is 0 Å². The molecule has 0 fully saturated rings. The van der Waals surface area contributed by atoms with E-state index in [-0.39, 0.29) is 5.92 Å². The molecular formula is C13H22N4. The molecule has 0 saturated carbocycles. The first-order valence-electron chi connectivity index (χ1n) is 6.19. The van der Waals surface area contributed by atoms with Crippen LogP contribution in [0.5, 0.6) is 0 Å². The summed E-state index contributed by atoms with van der Waals surface area (Å²) < 4.78 is 2.01. The lowest BCUT2D eigenvalue weighted by Gasteiger charge is -2.16. The first-order valence-corrected chi connectivity index (χ1v) is 6.19. The van der Waals surface area contributed by atoms with E-state index < -0.39 is 0 Å². The van der Waals surface area contributed by atoms with Crippen LogP contribution < -0.4 is 0 Å². The fraction of sp³-hybridized carbons (Fsp3) is 0.692. The van der Waals surface area contributed by atoms with Crippen molar-refractivity contribution in [1.29, 1.82) is 5.26 Å². The molecule has 17 heavy (non-hydrogen) atoms. The third kappa shape index (κ3) is 4.20. The molecule has 2 atom stereocenters. The average Bonchev–Trinajstić information content (AvgIpc) is 2.76. The van der Waals surface area contributed by atoms with E-state index in [0.29, 0.717) is 6.04 Å². The lowest BCUT2D eigenvalue weighted by molar-refractivity contribution is 0.297. The number of rotatable bonds is 6. The van der Waals surface area contributed by atoms with Crippen molar-refractivity contribution in [3.63, 3.8) is 0 Å². The van der Waals surface area contributed by atoms with Gasteiger partial charge in [0, 0.05) is 25.3 Å². The summed E-state index contributed by atoms with van der Waals surface area (Å²) in [4.78, 5) is 2.14. The fourth-order valence-electron chi connectivity index (χ4n) is 1.74. The van der Waals surface area contributed by atoms with Crippen LogP contribution in [0, 0.1) is 17.2 Å². The summed E-state index contributed by atoms with van der Waals surface area (Å²) in [5.41, 5.74) is 1.07. The molecule has 0 amide bonds. The predicted molar refractivity (Wildman–Crippen MR) is 68.3 cm³/mol. The van der Waals surface area contributed by atoms with Gasteiger partial charge in [-0.05, 0) is 33.4 Å². The second-order valence-electron chi connectivity index (χ2n) is 4.77. The average molecular weight is 234 g/mol. The monoisotopic (exact) mass is 234 g/mol. The first-order chi connectivity index (χ1) is 8.06. The standard InChI is InChI=1S/C13H22N4/c1-5-12(3)17-7-6-13(15-17)10-16(4)9-11(2)8-14/h6-7,11-12H,5,9-10H2,1-4H3. The highest BCUT2D eigenvalue weighted by atomic mass is 15.3. The van der Waals surface area contributed by atoms with Crippen molar-refractivity contribution in [2.75, 3.05) is 13.6 Å². The normalized spacial score (nSPS) is 14.6. The second kappa shape index (κ2) is 6.41. The van der Waals surface area contributed by atoms with Crippen molar-refractivity contribution in [3.8, 4) is 6.07 Å². The Morgan fingerprint density at radius 1 is 1.53 bits per heavy atom. The molecule has 1 rings (SSSR count). The van der Waals surface area contributed by atoms with Gasteiger partial charge in [0.25, 0.3) is 0 Å². The minimum atomic E-state index is 0.0663. The highest BCUT2D eigenvalue weighted by Crippen LogP contribution is 2.10. The summed E-state index contributed by atoms with van der Waals surface area (Å²) >= 11 is 0. The zero-order valence-electron chi connectivity index (χ0n) is 11.2. The molecule has 2 unspecified atom stereocenters. The highest BCUT2D eigenvalue weighted by Gasteiger charge is 2.09. The minimum absolute atomic E-state index is 0.0663. The summed E-state index contributed by atoms with van der Waals surface area (Å²) in [6, 6.07) is 4.75. The van der Waals surface area contributed by atoms with Crippen molar-refractivity contribution in [1.82, 2.24) is 14.7 Å². The van der Waals surface area contributed by atoms with E-state index in [1.165, 1.54) is 0 Å². The van der Waals surface area contributed by atoms with Gasteiger partial charge in [0.1, 0.15) is 0 Å². The van der Waals surface area contributed by atoms with Gasteiger partial charge in [-0.25, -0.2) is 0 Å². The van der Waals surface area contributed by atoms with Crippen molar-refractivity contribution >= 4 is 0 Å². The van der Waals surface area contributed by atoms with E-state index in [0.717, 1.165) is 25.2 Å². The third-order valence-electron chi connectivity index (χ3n) is 2.94. The maximum absolute atomic E-state index is 8.76. The van der Waals surface area contributed by atoms with Crippen LogP contribution in [0.4, 0.5) is 0 Å². The van der Waals surface area contributed by atoms with Gasteiger partial charge in [-0.1, -0.05) is 6.92 Å². The third-order valence-corrected chi connectivity index (χ3v) is 2.94. The molecule has 0 N–H and O–H groups in total. The molecule has 1 aromatic rings. The zero-order valence-corrected chi connectivity index (χ0v) is 11.2. The van der Waals surface area contributed by atoms with Crippen molar-refractivity contribution in [2.24, 2.45) is 5.92 Å². The Morgan fingerprint density at radius 3 is 2.82 bits per heavy atom. The fourth-order valence-corrected chi connectivity index (χ4v) is 1.74. The molecule has 0 spiro atoms. The highest BCUT2D eigenvalue weighted by molar-refractivity contribution is 4.99. The van der Waals surface area contributed by atoms with Gasteiger partial charge in [-0.2, -0.15) is 10.4 Å². The van der Waals surface area contributed by atoms with E-state index >= 15 is 0 Å².